The minimum absolute atomic E-state index is 0.185. The van der Waals surface area contributed by atoms with Gasteiger partial charge in [0, 0.05) is 6.54 Å². The van der Waals surface area contributed by atoms with Crippen LogP contribution < -0.4 is 9.41 Å². The predicted molar refractivity (Wildman–Crippen MR) is 94.5 cm³/mol. The molecule has 1 heterocycles. The first-order valence-corrected chi connectivity index (χ1v) is 9.44. The number of fused-ring (bicyclic) bond motifs is 1. The normalized spacial score (nSPS) is 14.5. The van der Waals surface area contributed by atoms with Gasteiger partial charge in [-0.15, -0.1) is 0 Å². The molecule has 0 spiro atoms. The van der Waals surface area contributed by atoms with Crippen molar-refractivity contribution in [1.29, 1.82) is 0 Å². The zero-order chi connectivity index (χ0) is 18.0. The highest BCUT2D eigenvalue weighted by molar-refractivity contribution is 7.92. The van der Waals surface area contributed by atoms with Crippen LogP contribution in [-0.2, 0) is 21.2 Å². The van der Waals surface area contributed by atoms with Crippen LogP contribution in [0.2, 0.25) is 0 Å². The third-order valence-corrected chi connectivity index (χ3v) is 6.21. The number of aliphatic carboxylic acids is 1. The molecule has 3 rings (SSSR count). The second-order valence-electron chi connectivity index (χ2n) is 5.99. The molecule has 1 aliphatic heterocycles. The SMILES string of the molecule is Cc1ccc(/C=C/C(=O)[O-])cc1S(=O)(=O)N1CCCc2ccccc21. The van der Waals surface area contributed by atoms with Crippen molar-refractivity contribution in [2.24, 2.45) is 0 Å². The van der Waals surface area contributed by atoms with E-state index in [2.05, 4.69) is 0 Å². The van der Waals surface area contributed by atoms with Gasteiger partial charge in [-0.1, -0.05) is 36.4 Å². The van der Waals surface area contributed by atoms with Crippen LogP contribution >= 0.6 is 0 Å². The van der Waals surface area contributed by atoms with Crippen LogP contribution in [0.3, 0.4) is 0 Å². The lowest BCUT2D eigenvalue weighted by Crippen LogP contribution is -2.35. The quantitative estimate of drug-likeness (QED) is 0.784. The van der Waals surface area contributed by atoms with Gasteiger partial charge in [0.15, 0.2) is 0 Å². The number of rotatable bonds is 4. The number of carbonyl (C=O) groups excluding carboxylic acids is 1. The highest BCUT2D eigenvalue weighted by Crippen LogP contribution is 2.33. The summed E-state index contributed by atoms with van der Waals surface area (Å²) in [6.07, 6.45) is 3.84. The van der Waals surface area contributed by atoms with Crippen LogP contribution in [0.25, 0.3) is 6.08 Å². The number of anilines is 1. The number of sulfonamides is 1. The monoisotopic (exact) mass is 356 g/mol. The van der Waals surface area contributed by atoms with E-state index in [1.54, 1.807) is 19.1 Å². The molecule has 0 fully saturated rings. The van der Waals surface area contributed by atoms with Crippen molar-refractivity contribution in [2.75, 3.05) is 10.8 Å². The lowest BCUT2D eigenvalue weighted by Gasteiger charge is -2.31. The number of carboxylic acid groups (broad SMARTS) is 1. The summed E-state index contributed by atoms with van der Waals surface area (Å²) >= 11 is 0. The lowest BCUT2D eigenvalue weighted by atomic mass is 10.0. The van der Waals surface area contributed by atoms with Crippen LogP contribution in [-0.4, -0.2) is 20.9 Å². The second kappa shape index (κ2) is 6.72. The summed E-state index contributed by atoms with van der Waals surface area (Å²) in [5.41, 5.74) is 2.85. The van der Waals surface area contributed by atoms with Crippen LogP contribution in [0.4, 0.5) is 5.69 Å². The van der Waals surface area contributed by atoms with Crippen LogP contribution in [0, 0.1) is 6.92 Å². The molecule has 0 radical (unpaired) electrons. The molecule has 0 amide bonds. The molecule has 0 N–H and O–H groups in total. The van der Waals surface area contributed by atoms with E-state index in [1.165, 1.54) is 16.4 Å². The molecule has 2 aromatic rings. The minimum atomic E-state index is -3.73. The Labute approximate surface area is 147 Å². The zero-order valence-corrected chi connectivity index (χ0v) is 14.6. The molecule has 2 aromatic carbocycles. The standard InChI is InChI=1S/C19H19NO4S/c1-14-8-9-15(10-11-19(21)22)13-18(14)25(23,24)20-12-4-6-16-5-2-3-7-17(16)20/h2-3,5,7-11,13H,4,6,12H2,1H3,(H,21,22)/p-1/b11-10+. The highest BCUT2D eigenvalue weighted by atomic mass is 32.2. The van der Waals surface area contributed by atoms with Crippen molar-refractivity contribution in [2.45, 2.75) is 24.7 Å². The van der Waals surface area contributed by atoms with Crippen LogP contribution in [0.15, 0.2) is 53.4 Å². The molecule has 130 valence electrons. The summed E-state index contributed by atoms with van der Waals surface area (Å²) in [4.78, 5) is 10.8. The Kier molecular flexibility index (Phi) is 4.63. The van der Waals surface area contributed by atoms with Crippen molar-refractivity contribution in [3.8, 4) is 0 Å². The van der Waals surface area contributed by atoms with Crippen molar-refractivity contribution in [3.05, 3.63) is 65.2 Å². The van der Waals surface area contributed by atoms with Gasteiger partial charge in [0.1, 0.15) is 0 Å². The van der Waals surface area contributed by atoms with Gasteiger partial charge in [-0.05, 0) is 54.7 Å². The molecule has 6 heteroatoms. The van der Waals surface area contributed by atoms with Gasteiger partial charge < -0.3 is 9.90 Å². The van der Waals surface area contributed by atoms with E-state index in [9.17, 15) is 18.3 Å². The van der Waals surface area contributed by atoms with Gasteiger partial charge in [-0.2, -0.15) is 0 Å². The summed E-state index contributed by atoms with van der Waals surface area (Å²) in [6.45, 7) is 2.16. The van der Waals surface area contributed by atoms with E-state index in [0.717, 1.165) is 24.5 Å². The topological polar surface area (TPSA) is 77.5 Å². The van der Waals surface area contributed by atoms with E-state index in [-0.39, 0.29) is 4.90 Å². The molecule has 1 aliphatic rings. The maximum absolute atomic E-state index is 13.2. The largest absolute Gasteiger partial charge is 0.545 e. The van der Waals surface area contributed by atoms with Crippen molar-refractivity contribution in [3.63, 3.8) is 0 Å². The highest BCUT2D eigenvalue weighted by Gasteiger charge is 2.30. The Morgan fingerprint density at radius 2 is 1.96 bits per heavy atom. The van der Waals surface area contributed by atoms with Gasteiger partial charge in [-0.25, -0.2) is 8.42 Å². The molecule has 0 aliphatic carbocycles. The molecular weight excluding hydrogens is 338 g/mol. The maximum atomic E-state index is 13.2. The van der Waals surface area contributed by atoms with Crippen LogP contribution in [0.5, 0.6) is 0 Å². The molecule has 0 atom stereocenters. The number of hydrogen-bond donors (Lipinski definition) is 0. The van der Waals surface area contributed by atoms with Gasteiger partial charge in [0.05, 0.1) is 16.6 Å². The number of nitrogens with zero attached hydrogens (tertiary/aromatic N) is 1. The first-order valence-electron chi connectivity index (χ1n) is 8.00. The van der Waals surface area contributed by atoms with Gasteiger partial charge >= 0.3 is 0 Å². The summed E-state index contributed by atoms with van der Waals surface area (Å²) < 4.78 is 27.9. The van der Waals surface area contributed by atoms with E-state index < -0.39 is 16.0 Å². The average molecular weight is 356 g/mol. The molecule has 0 saturated carbocycles. The number of aryl methyl sites for hydroxylation is 2. The van der Waals surface area contributed by atoms with E-state index in [1.807, 2.05) is 24.3 Å². The maximum Gasteiger partial charge on any atom is 0.264 e. The molecule has 0 unspecified atom stereocenters. The third-order valence-electron chi connectivity index (χ3n) is 4.26. The van der Waals surface area contributed by atoms with Gasteiger partial charge in [0.25, 0.3) is 10.0 Å². The van der Waals surface area contributed by atoms with Crippen molar-refractivity contribution < 1.29 is 18.3 Å². The van der Waals surface area contributed by atoms with Gasteiger partial charge in [-0.3, -0.25) is 4.31 Å². The molecule has 0 bridgehead atoms. The molecule has 0 saturated heterocycles. The first kappa shape index (κ1) is 17.2. The number of carboxylic acids is 1. The third kappa shape index (κ3) is 3.44. The van der Waals surface area contributed by atoms with E-state index >= 15 is 0 Å². The fourth-order valence-corrected chi connectivity index (χ4v) is 4.83. The summed E-state index contributed by atoms with van der Waals surface area (Å²) in [5.74, 6) is -1.32. The first-order chi connectivity index (χ1) is 11.9. The molecule has 0 aromatic heterocycles. The van der Waals surface area contributed by atoms with Crippen LogP contribution in [0.1, 0.15) is 23.1 Å². The van der Waals surface area contributed by atoms with E-state index in [4.69, 9.17) is 0 Å². The summed E-state index contributed by atoms with van der Waals surface area (Å²) in [6, 6.07) is 12.4. The number of benzene rings is 2. The van der Waals surface area contributed by atoms with Crippen molar-refractivity contribution in [1.82, 2.24) is 0 Å². The van der Waals surface area contributed by atoms with E-state index in [0.29, 0.717) is 23.4 Å². The predicted octanol–water partition coefficient (Wildman–Crippen LogP) is 1.90. The smallest absolute Gasteiger partial charge is 0.264 e. The minimum Gasteiger partial charge on any atom is -0.545 e. The number of carbonyl (C=O) groups is 1. The Balaban J connectivity index is 2.07. The Morgan fingerprint density at radius 3 is 2.72 bits per heavy atom. The summed E-state index contributed by atoms with van der Waals surface area (Å²) in [5, 5.41) is 10.6. The Bertz CT molecular complexity index is 948. The Hall–Kier alpha value is -2.60. The fraction of sp³-hybridized carbons (Fsp3) is 0.211. The average Bonchev–Trinajstić information content (AvgIpc) is 2.60. The summed E-state index contributed by atoms with van der Waals surface area (Å²) in [7, 11) is -3.73. The molecule has 5 nitrogen and oxygen atoms in total. The molecular formula is C19H18NO4S-. The number of hydrogen-bond acceptors (Lipinski definition) is 4. The number of para-hydroxylation sites is 1. The van der Waals surface area contributed by atoms with Gasteiger partial charge in [0.2, 0.25) is 0 Å². The van der Waals surface area contributed by atoms with Crippen molar-refractivity contribution >= 4 is 27.8 Å². The lowest BCUT2D eigenvalue weighted by molar-refractivity contribution is -0.297. The zero-order valence-electron chi connectivity index (χ0n) is 13.8. The second-order valence-corrected chi connectivity index (χ2v) is 7.82. The Morgan fingerprint density at radius 1 is 1.20 bits per heavy atom. The molecule has 25 heavy (non-hydrogen) atoms. The fourth-order valence-electron chi connectivity index (χ4n) is 3.03.